The van der Waals surface area contributed by atoms with Gasteiger partial charge in [-0.25, -0.2) is 8.42 Å². The van der Waals surface area contributed by atoms with Crippen LogP contribution in [0.5, 0.6) is 0 Å². The van der Waals surface area contributed by atoms with Crippen LogP contribution in [-0.4, -0.2) is 46.9 Å². The van der Waals surface area contributed by atoms with Crippen LogP contribution in [-0.2, 0) is 18.3 Å². The fourth-order valence-corrected chi connectivity index (χ4v) is 4.83. The SMILES string of the molecule is CCCCCCCCCCCCCCCCOCC(CSS(C)(=O)=O)OC. The molecule has 164 valence electrons. The molecule has 1 atom stereocenters. The van der Waals surface area contributed by atoms with Crippen LogP contribution in [0.15, 0.2) is 0 Å². The summed E-state index contributed by atoms with van der Waals surface area (Å²) in [6, 6.07) is 0. The first-order chi connectivity index (χ1) is 13.0. The summed E-state index contributed by atoms with van der Waals surface area (Å²) in [5.41, 5.74) is 0. The van der Waals surface area contributed by atoms with Gasteiger partial charge in [-0.1, -0.05) is 90.4 Å². The molecular weight excluding hydrogens is 380 g/mol. The molecule has 6 heteroatoms. The summed E-state index contributed by atoms with van der Waals surface area (Å²) in [5.74, 6) is 0.425. The van der Waals surface area contributed by atoms with Gasteiger partial charge in [0.15, 0.2) is 8.87 Å². The van der Waals surface area contributed by atoms with Gasteiger partial charge in [-0.2, -0.15) is 0 Å². The maximum absolute atomic E-state index is 11.1. The van der Waals surface area contributed by atoms with E-state index in [0.717, 1.165) is 23.8 Å². The van der Waals surface area contributed by atoms with Gasteiger partial charge in [0.05, 0.1) is 12.7 Å². The molecule has 4 nitrogen and oxygen atoms in total. The molecule has 0 fully saturated rings. The molecule has 1 unspecified atom stereocenters. The monoisotopic (exact) mass is 424 g/mol. The summed E-state index contributed by atoms with van der Waals surface area (Å²) < 4.78 is 33.2. The van der Waals surface area contributed by atoms with E-state index in [0.29, 0.717) is 12.4 Å². The van der Waals surface area contributed by atoms with Crippen molar-refractivity contribution in [3.05, 3.63) is 0 Å². The van der Waals surface area contributed by atoms with Gasteiger partial charge in [-0.05, 0) is 17.2 Å². The number of unbranched alkanes of at least 4 members (excludes halogenated alkanes) is 13. The van der Waals surface area contributed by atoms with Crippen LogP contribution in [0.2, 0.25) is 0 Å². The molecule has 0 rings (SSSR count). The molecule has 0 aliphatic heterocycles. The molecule has 0 heterocycles. The molecule has 0 saturated heterocycles. The van der Waals surface area contributed by atoms with E-state index >= 15 is 0 Å². The van der Waals surface area contributed by atoms with E-state index in [4.69, 9.17) is 9.47 Å². The summed E-state index contributed by atoms with van der Waals surface area (Å²) in [5, 5.41) is 0. The smallest absolute Gasteiger partial charge is 0.198 e. The zero-order valence-electron chi connectivity index (χ0n) is 18.0. The van der Waals surface area contributed by atoms with Crippen molar-refractivity contribution in [3.63, 3.8) is 0 Å². The molecule has 27 heavy (non-hydrogen) atoms. The molecule has 0 amide bonds. The molecule has 0 aliphatic carbocycles. The summed E-state index contributed by atoms with van der Waals surface area (Å²) in [6.07, 6.45) is 20.0. The third-order valence-electron chi connectivity index (χ3n) is 4.75. The molecule has 0 aromatic rings. The largest absolute Gasteiger partial charge is 0.379 e. The predicted octanol–water partition coefficient (Wildman–Crippen LogP) is 6.19. The van der Waals surface area contributed by atoms with Crippen molar-refractivity contribution in [1.29, 1.82) is 0 Å². The lowest BCUT2D eigenvalue weighted by molar-refractivity contribution is 0.0199. The summed E-state index contributed by atoms with van der Waals surface area (Å²) in [7, 11) is -0.487. The highest BCUT2D eigenvalue weighted by molar-refractivity contribution is 8.71. The molecule has 0 spiro atoms. The maximum atomic E-state index is 11.1. The van der Waals surface area contributed by atoms with Crippen LogP contribution < -0.4 is 0 Å². The molecule has 0 aliphatic rings. The van der Waals surface area contributed by atoms with Crippen LogP contribution in [0, 0.1) is 0 Å². The molecule has 0 N–H and O–H groups in total. The van der Waals surface area contributed by atoms with E-state index in [9.17, 15) is 8.42 Å². The van der Waals surface area contributed by atoms with Crippen molar-refractivity contribution in [3.8, 4) is 0 Å². The van der Waals surface area contributed by atoms with Crippen LogP contribution in [0.3, 0.4) is 0 Å². The van der Waals surface area contributed by atoms with Crippen molar-refractivity contribution < 1.29 is 17.9 Å². The Bertz CT molecular complexity index is 399. The molecule has 0 aromatic heterocycles. The Morgan fingerprint density at radius 3 is 1.63 bits per heavy atom. The van der Waals surface area contributed by atoms with Crippen molar-refractivity contribution in [2.75, 3.05) is 32.3 Å². The minimum Gasteiger partial charge on any atom is -0.379 e. The minimum absolute atomic E-state index is 0.156. The Morgan fingerprint density at radius 1 is 0.778 bits per heavy atom. The van der Waals surface area contributed by atoms with Gasteiger partial charge in [0.2, 0.25) is 0 Å². The third kappa shape index (κ3) is 22.4. The van der Waals surface area contributed by atoms with E-state index in [1.165, 1.54) is 89.7 Å². The van der Waals surface area contributed by atoms with Crippen molar-refractivity contribution in [1.82, 2.24) is 0 Å². The van der Waals surface area contributed by atoms with Crippen LogP contribution >= 0.6 is 10.8 Å². The van der Waals surface area contributed by atoms with E-state index < -0.39 is 8.87 Å². The van der Waals surface area contributed by atoms with Crippen molar-refractivity contribution >= 4 is 19.7 Å². The maximum Gasteiger partial charge on any atom is 0.198 e. The Labute approximate surface area is 172 Å². The molecule has 0 aromatic carbocycles. The van der Waals surface area contributed by atoms with Gasteiger partial charge in [-0.15, -0.1) is 0 Å². The first kappa shape index (κ1) is 27.2. The van der Waals surface area contributed by atoms with Crippen molar-refractivity contribution in [2.45, 2.75) is 103 Å². The van der Waals surface area contributed by atoms with Gasteiger partial charge in [0.1, 0.15) is 0 Å². The summed E-state index contributed by atoms with van der Waals surface area (Å²) in [4.78, 5) is 0. The zero-order valence-corrected chi connectivity index (χ0v) is 19.7. The van der Waals surface area contributed by atoms with E-state index in [2.05, 4.69) is 6.92 Å². The van der Waals surface area contributed by atoms with E-state index in [1.807, 2.05) is 0 Å². The van der Waals surface area contributed by atoms with Gasteiger partial charge >= 0.3 is 0 Å². The second kappa shape index (κ2) is 19.5. The second-order valence-corrected chi connectivity index (χ2v) is 12.0. The number of ether oxygens (including phenoxy) is 2. The third-order valence-corrected chi connectivity index (χ3v) is 7.38. The normalized spacial score (nSPS) is 13.1. The topological polar surface area (TPSA) is 52.6 Å². The molecule has 0 radical (unpaired) electrons. The summed E-state index contributed by atoms with van der Waals surface area (Å²) in [6.45, 7) is 3.48. The van der Waals surface area contributed by atoms with Crippen LogP contribution in [0.4, 0.5) is 0 Å². The fourth-order valence-electron chi connectivity index (χ4n) is 3.00. The van der Waals surface area contributed by atoms with Gasteiger partial charge in [0, 0.05) is 25.7 Å². The van der Waals surface area contributed by atoms with E-state index in [1.54, 1.807) is 7.11 Å². The Hall–Kier alpha value is 0.220. The van der Waals surface area contributed by atoms with Gasteiger partial charge in [0.25, 0.3) is 0 Å². The average molecular weight is 425 g/mol. The predicted molar refractivity (Wildman–Crippen MR) is 119 cm³/mol. The molecule has 0 saturated carbocycles. The lowest BCUT2D eigenvalue weighted by Crippen LogP contribution is -2.22. The second-order valence-electron chi connectivity index (χ2n) is 7.52. The molecule has 0 bridgehead atoms. The highest BCUT2D eigenvalue weighted by atomic mass is 33.1. The first-order valence-electron chi connectivity index (χ1n) is 10.9. The number of hydrogen-bond donors (Lipinski definition) is 0. The lowest BCUT2D eigenvalue weighted by Gasteiger charge is -2.14. The Balaban J connectivity index is 3.26. The average Bonchev–Trinajstić information content (AvgIpc) is 2.63. The van der Waals surface area contributed by atoms with Crippen LogP contribution in [0.25, 0.3) is 0 Å². The van der Waals surface area contributed by atoms with Crippen LogP contribution in [0.1, 0.15) is 96.8 Å². The number of rotatable bonds is 21. The molecular formula is C21H44O4S2. The quantitative estimate of drug-likeness (QED) is 0.162. The lowest BCUT2D eigenvalue weighted by atomic mass is 10.0. The van der Waals surface area contributed by atoms with Gasteiger partial charge in [-0.3, -0.25) is 0 Å². The highest BCUT2D eigenvalue weighted by Crippen LogP contribution is 2.14. The Kier molecular flexibility index (Phi) is 19.7. The highest BCUT2D eigenvalue weighted by Gasteiger charge is 2.12. The fraction of sp³-hybridized carbons (Fsp3) is 1.00. The van der Waals surface area contributed by atoms with Crippen molar-refractivity contribution in [2.24, 2.45) is 0 Å². The summed E-state index contributed by atoms with van der Waals surface area (Å²) >= 11 is 0. The first-order valence-corrected chi connectivity index (χ1v) is 14.3. The van der Waals surface area contributed by atoms with Gasteiger partial charge < -0.3 is 9.47 Å². The zero-order chi connectivity index (χ0) is 20.2. The minimum atomic E-state index is -3.01. The Morgan fingerprint density at radius 2 is 1.22 bits per heavy atom. The van der Waals surface area contributed by atoms with E-state index in [-0.39, 0.29) is 6.10 Å². The number of methoxy groups -OCH3 is 1. The number of hydrogen-bond acceptors (Lipinski definition) is 5. The standard InChI is InChI=1S/C21H44O4S2/c1-4-5-6-7-8-9-10-11-12-13-14-15-16-17-18-25-19-21(24-2)20-26-27(3,22)23/h21H,4-20H2,1-3H3.